The van der Waals surface area contributed by atoms with Crippen LogP contribution in [0.5, 0.6) is 0 Å². The van der Waals surface area contributed by atoms with Crippen molar-refractivity contribution in [2.24, 2.45) is 4.99 Å². The Morgan fingerprint density at radius 2 is 2.36 bits per heavy atom. The molecular weight excluding hydrogens is 140 g/mol. The standard InChI is InChI=1S/C7H10N4/c1-3-5-11-7(8-4-2)9-6-10-11/h3-6H,1-2H3/b5-3+,8-4-. The van der Waals surface area contributed by atoms with Gasteiger partial charge in [0.15, 0.2) is 0 Å². The molecule has 0 fully saturated rings. The van der Waals surface area contributed by atoms with E-state index in [0.717, 1.165) is 0 Å². The lowest BCUT2D eigenvalue weighted by Crippen LogP contribution is -1.86. The minimum atomic E-state index is 0.602. The molecule has 0 saturated heterocycles. The van der Waals surface area contributed by atoms with E-state index in [2.05, 4.69) is 15.1 Å². The predicted molar refractivity (Wildman–Crippen MR) is 44.9 cm³/mol. The largest absolute Gasteiger partial charge is 0.251 e. The summed E-state index contributed by atoms with van der Waals surface area (Å²) in [5.41, 5.74) is 0. The van der Waals surface area contributed by atoms with Gasteiger partial charge < -0.3 is 0 Å². The first-order valence-corrected chi connectivity index (χ1v) is 3.39. The third-order valence-electron chi connectivity index (χ3n) is 1.09. The summed E-state index contributed by atoms with van der Waals surface area (Å²) in [6.07, 6.45) is 6.84. The summed E-state index contributed by atoms with van der Waals surface area (Å²) in [6, 6.07) is 0. The Kier molecular flexibility index (Phi) is 2.54. The van der Waals surface area contributed by atoms with Crippen molar-refractivity contribution in [1.82, 2.24) is 14.8 Å². The molecule has 0 atom stereocenters. The molecule has 0 N–H and O–H groups in total. The normalized spacial score (nSPS) is 11.8. The molecular formula is C7H10N4. The van der Waals surface area contributed by atoms with E-state index in [9.17, 15) is 0 Å². The first kappa shape index (κ1) is 7.65. The van der Waals surface area contributed by atoms with E-state index < -0.39 is 0 Å². The molecule has 0 amide bonds. The zero-order valence-electron chi connectivity index (χ0n) is 6.60. The summed E-state index contributed by atoms with van der Waals surface area (Å²) < 4.78 is 1.61. The quantitative estimate of drug-likeness (QED) is 0.599. The lowest BCUT2D eigenvalue weighted by molar-refractivity contribution is 0.931. The molecule has 0 radical (unpaired) electrons. The second-order valence-corrected chi connectivity index (χ2v) is 1.87. The van der Waals surface area contributed by atoms with Crippen molar-refractivity contribution in [1.29, 1.82) is 0 Å². The second-order valence-electron chi connectivity index (χ2n) is 1.87. The minimum Gasteiger partial charge on any atom is -0.224 e. The van der Waals surface area contributed by atoms with Gasteiger partial charge >= 0.3 is 0 Å². The van der Waals surface area contributed by atoms with Crippen molar-refractivity contribution in [2.75, 3.05) is 0 Å². The van der Waals surface area contributed by atoms with Gasteiger partial charge in [0.05, 0.1) is 0 Å². The summed E-state index contributed by atoms with van der Waals surface area (Å²) >= 11 is 0. The van der Waals surface area contributed by atoms with Gasteiger partial charge in [-0.1, -0.05) is 6.08 Å². The highest BCUT2D eigenvalue weighted by molar-refractivity contribution is 5.57. The second kappa shape index (κ2) is 3.65. The molecule has 0 spiro atoms. The van der Waals surface area contributed by atoms with Gasteiger partial charge in [0.2, 0.25) is 0 Å². The van der Waals surface area contributed by atoms with Crippen LogP contribution in [0.3, 0.4) is 0 Å². The Balaban J connectivity index is 2.95. The molecule has 1 heterocycles. The molecule has 58 valence electrons. The van der Waals surface area contributed by atoms with Crippen LogP contribution in [0, 0.1) is 0 Å². The highest BCUT2D eigenvalue weighted by atomic mass is 15.4. The van der Waals surface area contributed by atoms with Crippen LogP contribution in [0.2, 0.25) is 0 Å². The Labute approximate surface area is 65.3 Å². The van der Waals surface area contributed by atoms with E-state index in [1.807, 2.05) is 19.9 Å². The highest BCUT2D eigenvalue weighted by Gasteiger charge is 1.94. The van der Waals surface area contributed by atoms with Crippen LogP contribution in [0.25, 0.3) is 6.20 Å². The van der Waals surface area contributed by atoms with E-state index in [1.54, 1.807) is 17.1 Å². The monoisotopic (exact) mass is 150 g/mol. The van der Waals surface area contributed by atoms with Crippen LogP contribution < -0.4 is 0 Å². The lowest BCUT2D eigenvalue weighted by atomic mass is 10.7. The van der Waals surface area contributed by atoms with Crippen LogP contribution in [0.15, 0.2) is 17.4 Å². The molecule has 0 bridgehead atoms. The van der Waals surface area contributed by atoms with E-state index in [1.165, 1.54) is 6.33 Å². The highest BCUT2D eigenvalue weighted by Crippen LogP contribution is 2.04. The topological polar surface area (TPSA) is 43.1 Å². The van der Waals surface area contributed by atoms with Crippen LogP contribution in [0.4, 0.5) is 5.95 Å². The average Bonchev–Trinajstić information content (AvgIpc) is 2.39. The summed E-state index contributed by atoms with van der Waals surface area (Å²) in [5, 5.41) is 3.93. The number of rotatable bonds is 2. The SMILES string of the molecule is C/C=N\c1ncnn1/C=C/C. The van der Waals surface area contributed by atoms with Crippen molar-refractivity contribution in [3.8, 4) is 0 Å². The van der Waals surface area contributed by atoms with Gasteiger partial charge in [0.25, 0.3) is 5.95 Å². The van der Waals surface area contributed by atoms with E-state index in [-0.39, 0.29) is 0 Å². The average molecular weight is 150 g/mol. The fraction of sp³-hybridized carbons (Fsp3) is 0.286. The smallest absolute Gasteiger partial charge is 0.224 e. The molecule has 0 aromatic carbocycles. The minimum absolute atomic E-state index is 0.602. The van der Waals surface area contributed by atoms with Crippen LogP contribution >= 0.6 is 0 Å². The van der Waals surface area contributed by atoms with Gasteiger partial charge in [-0.25, -0.2) is 9.67 Å². The Bertz CT molecular complexity index is 245. The zero-order valence-corrected chi connectivity index (χ0v) is 6.60. The van der Waals surface area contributed by atoms with Gasteiger partial charge in [-0.3, -0.25) is 0 Å². The predicted octanol–water partition coefficient (Wildman–Crippen LogP) is 1.49. The fourth-order valence-corrected chi connectivity index (χ4v) is 0.698. The molecule has 11 heavy (non-hydrogen) atoms. The molecule has 1 rings (SSSR count). The summed E-state index contributed by atoms with van der Waals surface area (Å²) in [7, 11) is 0. The molecule has 4 nitrogen and oxygen atoms in total. The van der Waals surface area contributed by atoms with E-state index in [4.69, 9.17) is 0 Å². The fourth-order valence-electron chi connectivity index (χ4n) is 0.698. The number of allylic oxidation sites excluding steroid dienone is 1. The third kappa shape index (κ3) is 1.73. The Morgan fingerprint density at radius 1 is 1.55 bits per heavy atom. The van der Waals surface area contributed by atoms with Crippen LogP contribution in [-0.2, 0) is 0 Å². The van der Waals surface area contributed by atoms with Crippen molar-refractivity contribution in [2.45, 2.75) is 13.8 Å². The summed E-state index contributed by atoms with van der Waals surface area (Å²) in [5.74, 6) is 0.602. The zero-order chi connectivity index (χ0) is 8.10. The van der Waals surface area contributed by atoms with Crippen molar-refractivity contribution in [3.63, 3.8) is 0 Å². The molecule has 0 saturated carbocycles. The van der Waals surface area contributed by atoms with Gasteiger partial charge in [-0.2, -0.15) is 10.1 Å². The summed E-state index contributed by atoms with van der Waals surface area (Å²) in [4.78, 5) is 7.93. The number of aromatic nitrogens is 3. The maximum atomic E-state index is 4.00. The van der Waals surface area contributed by atoms with Crippen molar-refractivity contribution < 1.29 is 0 Å². The van der Waals surface area contributed by atoms with Crippen molar-refractivity contribution >= 4 is 18.4 Å². The first-order chi connectivity index (χ1) is 5.38. The van der Waals surface area contributed by atoms with Crippen LogP contribution in [-0.4, -0.2) is 21.0 Å². The molecule has 0 unspecified atom stereocenters. The molecule has 0 aliphatic carbocycles. The van der Waals surface area contributed by atoms with Gasteiger partial charge in [-0.15, -0.1) is 0 Å². The van der Waals surface area contributed by atoms with E-state index >= 15 is 0 Å². The third-order valence-corrected chi connectivity index (χ3v) is 1.09. The molecule has 0 aliphatic rings. The van der Waals surface area contributed by atoms with Gasteiger partial charge in [0.1, 0.15) is 6.33 Å². The number of nitrogens with zero attached hydrogens (tertiary/aromatic N) is 4. The van der Waals surface area contributed by atoms with Crippen LogP contribution in [0.1, 0.15) is 13.8 Å². The molecule has 0 aliphatic heterocycles. The van der Waals surface area contributed by atoms with E-state index in [0.29, 0.717) is 5.95 Å². The van der Waals surface area contributed by atoms with Crippen molar-refractivity contribution in [3.05, 3.63) is 12.4 Å². The molecule has 1 aromatic rings. The lowest BCUT2D eigenvalue weighted by Gasteiger charge is -1.90. The number of hydrogen-bond acceptors (Lipinski definition) is 3. The summed E-state index contributed by atoms with van der Waals surface area (Å²) in [6.45, 7) is 3.76. The van der Waals surface area contributed by atoms with Gasteiger partial charge in [-0.05, 0) is 13.8 Å². The number of aliphatic imine (C=N–C) groups is 1. The molecule has 1 aromatic heterocycles. The maximum Gasteiger partial charge on any atom is 0.251 e. The maximum absolute atomic E-state index is 4.00. The molecule has 4 heteroatoms. The van der Waals surface area contributed by atoms with Gasteiger partial charge in [0, 0.05) is 12.4 Å². The first-order valence-electron chi connectivity index (χ1n) is 3.39. The Hall–Kier alpha value is -1.45. The Morgan fingerprint density at radius 3 is 3.00 bits per heavy atom. The number of hydrogen-bond donors (Lipinski definition) is 0.